The van der Waals surface area contributed by atoms with Crippen LogP contribution < -0.4 is 5.73 Å². The van der Waals surface area contributed by atoms with Gasteiger partial charge in [0.2, 0.25) is 0 Å². The van der Waals surface area contributed by atoms with Crippen LogP contribution in [-0.4, -0.2) is 11.4 Å². The van der Waals surface area contributed by atoms with Gasteiger partial charge in [0.1, 0.15) is 0 Å². The average Bonchev–Trinajstić information content (AvgIpc) is 2.09. The topological polar surface area (TPSA) is 29.3 Å². The SMILES string of the molecule is C=C(C)N(CC)C1=C(N)CCC=C1. The highest BCUT2D eigenvalue weighted by Gasteiger charge is 2.11. The van der Waals surface area contributed by atoms with Crippen molar-refractivity contribution in [2.24, 2.45) is 5.73 Å². The zero-order valence-electron chi connectivity index (χ0n) is 8.51. The van der Waals surface area contributed by atoms with Crippen LogP contribution >= 0.6 is 0 Å². The Bertz CT molecular complexity index is 261. The first kappa shape index (κ1) is 9.90. The monoisotopic (exact) mass is 178 g/mol. The second-order valence-corrected chi connectivity index (χ2v) is 3.33. The molecule has 2 N–H and O–H groups in total. The van der Waals surface area contributed by atoms with Crippen molar-refractivity contribution in [3.8, 4) is 0 Å². The molecule has 0 aromatic carbocycles. The van der Waals surface area contributed by atoms with E-state index in [-0.39, 0.29) is 0 Å². The van der Waals surface area contributed by atoms with Gasteiger partial charge in [0.05, 0.1) is 5.70 Å². The van der Waals surface area contributed by atoms with E-state index in [1.165, 1.54) is 0 Å². The predicted octanol–water partition coefficient (Wildman–Crippen LogP) is 2.36. The standard InChI is InChI=1S/C11H18N2/c1-4-13(9(2)3)11-8-6-5-7-10(11)12/h6,8H,2,4-5,7,12H2,1,3H3. The summed E-state index contributed by atoms with van der Waals surface area (Å²) in [5, 5.41) is 0. The van der Waals surface area contributed by atoms with Crippen LogP contribution in [0.5, 0.6) is 0 Å². The largest absolute Gasteiger partial charge is 0.400 e. The molecule has 0 aliphatic heterocycles. The fourth-order valence-electron chi connectivity index (χ4n) is 1.58. The van der Waals surface area contributed by atoms with Gasteiger partial charge in [-0.05, 0) is 32.8 Å². The Morgan fingerprint density at radius 2 is 2.38 bits per heavy atom. The van der Waals surface area contributed by atoms with Crippen LogP contribution in [0.25, 0.3) is 0 Å². The van der Waals surface area contributed by atoms with E-state index < -0.39 is 0 Å². The second-order valence-electron chi connectivity index (χ2n) is 3.33. The molecule has 2 heteroatoms. The van der Waals surface area contributed by atoms with E-state index in [0.29, 0.717) is 0 Å². The first-order valence-corrected chi connectivity index (χ1v) is 4.75. The fourth-order valence-corrected chi connectivity index (χ4v) is 1.58. The Labute approximate surface area is 80.4 Å². The molecule has 0 saturated heterocycles. The minimum absolute atomic E-state index is 0.926. The van der Waals surface area contributed by atoms with Crippen molar-refractivity contribution in [2.45, 2.75) is 26.7 Å². The summed E-state index contributed by atoms with van der Waals surface area (Å²) in [5.74, 6) is 0. The molecule has 1 aliphatic rings. The third-order valence-electron chi connectivity index (χ3n) is 2.25. The van der Waals surface area contributed by atoms with Crippen molar-refractivity contribution in [3.63, 3.8) is 0 Å². The number of hydrogen-bond acceptors (Lipinski definition) is 2. The minimum Gasteiger partial charge on any atom is -0.400 e. The lowest BCUT2D eigenvalue weighted by Gasteiger charge is -2.27. The summed E-state index contributed by atoms with van der Waals surface area (Å²) in [6.07, 6.45) is 6.28. The van der Waals surface area contributed by atoms with Gasteiger partial charge in [-0.1, -0.05) is 12.7 Å². The zero-order chi connectivity index (χ0) is 9.84. The molecule has 1 aliphatic carbocycles. The van der Waals surface area contributed by atoms with Crippen LogP contribution in [0.15, 0.2) is 35.8 Å². The molecule has 0 spiro atoms. The highest BCUT2D eigenvalue weighted by atomic mass is 15.1. The van der Waals surface area contributed by atoms with Crippen molar-refractivity contribution in [1.82, 2.24) is 4.90 Å². The van der Waals surface area contributed by atoms with Crippen molar-refractivity contribution < 1.29 is 0 Å². The van der Waals surface area contributed by atoms with E-state index in [0.717, 1.165) is 36.5 Å². The van der Waals surface area contributed by atoms with Gasteiger partial charge in [0.15, 0.2) is 0 Å². The van der Waals surface area contributed by atoms with Gasteiger partial charge in [-0.15, -0.1) is 0 Å². The Hall–Kier alpha value is -1.18. The Kier molecular flexibility index (Phi) is 3.18. The van der Waals surface area contributed by atoms with Gasteiger partial charge in [-0.2, -0.15) is 0 Å². The Morgan fingerprint density at radius 3 is 2.85 bits per heavy atom. The minimum atomic E-state index is 0.926. The summed E-state index contributed by atoms with van der Waals surface area (Å²) in [6, 6.07) is 0. The average molecular weight is 178 g/mol. The zero-order valence-corrected chi connectivity index (χ0v) is 8.51. The van der Waals surface area contributed by atoms with Gasteiger partial charge in [-0.3, -0.25) is 0 Å². The van der Waals surface area contributed by atoms with E-state index in [1.54, 1.807) is 0 Å². The summed E-state index contributed by atoms with van der Waals surface area (Å²) in [6.45, 7) is 8.98. The van der Waals surface area contributed by atoms with Gasteiger partial charge >= 0.3 is 0 Å². The molecule has 72 valence electrons. The smallest absolute Gasteiger partial charge is 0.0595 e. The molecule has 0 heterocycles. The first-order valence-electron chi connectivity index (χ1n) is 4.75. The lowest BCUT2D eigenvalue weighted by molar-refractivity contribution is 0.456. The third-order valence-corrected chi connectivity index (χ3v) is 2.25. The third kappa shape index (κ3) is 2.14. The highest BCUT2D eigenvalue weighted by Crippen LogP contribution is 2.20. The van der Waals surface area contributed by atoms with E-state index in [4.69, 9.17) is 5.73 Å². The van der Waals surface area contributed by atoms with Crippen molar-refractivity contribution in [2.75, 3.05) is 6.54 Å². The summed E-state index contributed by atoms with van der Waals surface area (Å²) in [4.78, 5) is 2.14. The summed E-state index contributed by atoms with van der Waals surface area (Å²) in [7, 11) is 0. The maximum atomic E-state index is 5.94. The molecule has 0 aromatic heterocycles. The van der Waals surface area contributed by atoms with Crippen molar-refractivity contribution >= 4 is 0 Å². The Balaban J connectivity index is 2.90. The van der Waals surface area contributed by atoms with E-state index in [9.17, 15) is 0 Å². The maximum absolute atomic E-state index is 5.94. The number of likely N-dealkylation sites (N-methyl/N-ethyl adjacent to an activating group) is 1. The predicted molar refractivity (Wildman–Crippen MR) is 56.8 cm³/mol. The van der Waals surface area contributed by atoms with Gasteiger partial charge in [0, 0.05) is 17.9 Å². The van der Waals surface area contributed by atoms with Gasteiger partial charge in [0.25, 0.3) is 0 Å². The number of rotatable bonds is 3. The van der Waals surface area contributed by atoms with Crippen LogP contribution in [0, 0.1) is 0 Å². The molecule has 0 aromatic rings. The van der Waals surface area contributed by atoms with Crippen molar-refractivity contribution in [3.05, 3.63) is 35.8 Å². The number of allylic oxidation sites excluding steroid dienone is 4. The molecule has 0 unspecified atom stereocenters. The quantitative estimate of drug-likeness (QED) is 0.719. The van der Waals surface area contributed by atoms with E-state index in [1.807, 2.05) is 6.92 Å². The van der Waals surface area contributed by atoms with Crippen LogP contribution in [-0.2, 0) is 0 Å². The molecule has 0 bridgehead atoms. The normalized spacial score (nSPS) is 16.2. The number of nitrogens with zero attached hydrogens (tertiary/aromatic N) is 1. The van der Waals surface area contributed by atoms with Crippen LogP contribution in [0.3, 0.4) is 0 Å². The molecule has 0 atom stereocenters. The molecular formula is C11H18N2. The summed E-state index contributed by atoms with van der Waals surface area (Å²) < 4.78 is 0. The molecule has 13 heavy (non-hydrogen) atoms. The second kappa shape index (κ2) is 4.17. The lowest BCUT2D eigenvalue weighted by Crippen LogP contribution is -2.23. The van der Waals surface area contributed by atoms with Gasteiger partial charge < -0.3 is 10.6 Å². The van der Waals surface area contributed by atoms with E-state index in [2.05, 4.69) is 30.6 Å². The molecule has 0 radical (unpaired) electrons. The fraction of sp³-hybridized carbons (Fsp3) is 0.455. The molecule has 0 fully saturated rings. The van der Waals surface area contributed by atoms with Crippen LogP contribution in [0.2, 0.25) is 0 Å². The summed E-state index contributed by atoms with van der Waals surface area (Å²) in [5.41, 5.74) is 9.09. The molecule has 1 rings (SSSR count). The molecular weight excluding hydrogens is 160 g/mol. The Morgan fingerprint density at radius 1 is 1.69 bits per heavy atom. The maximum Gasteiger partial charge on any atom is 0.0595 e. The molecule has 0 amide bonds. The summed E-state index contributed by atoms with van der Waals surface area (Å²) >= 11 is 0. The van der Waals surface area contributed by atoms with Crippen LogP contribution in [0.4, 0.5) is 0 Å². The van der Waals surface area contributed by atoms with Gasteiger partial charge in [-0.25, -0.2) is 0 Å². The van der Waals surface area contributed by atoms with Crippen molar-refractivity contribution in [1.29, 1.82) is 0 Å². The molecule has 0 saturated carbocycles. The van der Waals surface area contributed by atoms with E-state index >= 15 is 0 Å². The first-order chi connectivity index (χ1) is 6.16. The molecule has 2 nitrogen and oxygen atoms in total. The highest BCUT2D eigenvalue weighted by molar-refractivity contribution is 5.29. The van der Waals surface area contributed by atoms with Crippen LogP contribution in [0.1, 0.15) is 26.7 Å². The lowest BCUT2D eigenvalue weighted by atomic mass is 10.1. The number of nitrogens with two attached hydrogens (primary N) is 1. The number of hydrogen-bond donors (Lipinski definition) is 1.